The SMILES string of the molecule is OC[C@@H]1[C@@H](O)C(O)[C@@H](O)CN1CC1CCCO1. The molecular weight excluding hydrogens is 226 g/mol. The highest BCUT2D eigenvalue weighted by molar-refractivity contribution is 4.95. The molecule has 6 heteroatoms. The van der Waals surface area contributed by atoms with E-state index >= 15 is 0 Å². The molecule has 0 saturated carbocycles. The van der Waals surface area contributed by atoms with Gasteiger partial charge in [-0.05, 0) is 12.8 Å². The molecule has 2 aliphatic heterocycles. The van der Waals surface area contributed by atoms with Crippen LogP contribution in [0.1, 0.15) is 12.8 Å². The molecule has 17 heavy (non-hydrogen) atoms. The molecule has 0 aromatic heterocycles. The minimum atomic E-state index is -1.19. The van der Waals surface area contributed by atoms with E-state index in [0.29, 0.717) is 6.54 Å². The quantitative estimate of drug-likeness (QED) is 0.457. The Balaban J connectivity index is 1.98. The van der Waals surface area contributed by atoms with E-state index < -0.39 is 24.4 Å². The third kappa shape index (κ3) is 2.78. The minimum Gasteiger partial charge on any atom is -0.395 e. The van der Waals surface area contributed by atoms with Crippen molar-refractivity contribution in [3.63, 3.8) is 0 Å². The largest absolute Gasteiger partial charge is 0.395 e. The van der Waals surface area contributed by atoms with Crippen LogP contribution in [0.2, 0.25) is 0 Å². The Kier molecular flexibility index (Phi) is 4.35. The van der Waals surface area contributed by atoms with E-state index in [1.165, 1.54) is 0 Å². The van der Waals surface area contributed by atoms with E-state index in [4.69, 9.17) is 4.74 Å². The molecule has 0 aromatic rings. The normalized spacial score (nSPS) is 44.1. The summed E-state index contributed by atoms with van der Waals surface area (Å²) in [5.74, 6) is 0. The summed E-state index contributed by atoms with van der Waals surface area (Å²) in [6, 6.07) is -0.530. The summed E-state index contributed by atoms with van der Waals surface area (Å²) in [6.45, 7) is 1.34. The zero-order chi connectivity index (χ0) is 12.4. The number of hydrogen-bond donors (Lipinski definition) is 4. The monoisotopic (exact) mass is 247 g/mol. The van der Waals surface area contributed by atoms with Crippen molar-refractivity contribution in [3.8, 4) is 0 Å². The smallest absolute Gasteiger partial charge is 0.109 e. The van der Waals surface area contributed by atoms with Crippen LogP contribution in [0, 0.1) is 0 Å². The van der Waals surface area contributed by atoms with Crippen molar-refractivity contribution in [2.45, 2.75) is 43.3 Å². The van der Waals surface area contributed by atoms with Gasteiger partial charge in [0.05, 0.1) is 24.9 Å². The molecule has 4 N–H and O–H groups in total. The van der Waals surface area contributed by atoms with Gasteiger partial charge in [0.25, 0.3) is 0 Å². The van der Waals surface area contributed by atoms with Crippen LogP contribution >= 0.6 is 0 Å². The molecular formula is C11H21NO5. The number of β-amino-alcohol motifs (C(OH)–C–C–N with tert-alkyl or cyclic N) is 1. The number of rotatable bonds is 3. The van der Waals surface area contributed by atoms with Crippen molar-refractivity contribution in [2.75, 3.05) is 26.3 Å². The maximum atomic E-state index is 9.80. The zero-order valence-electron chi connectivity index (χ0n) is 9.77. The first-order valence-electron chi connectivity index (χ1n) is 6.14. The highest BCUT2D eigenvalue weighted by atomic mass is 16.5. The Hall–Kier alpha value is -0.240. The van der Waals surface area contributed by atoms with E-state index in [1.807, 2.05) is 0 Å². The number of likely N-dealkylation sites (tertiary alicyclic amines) is 1. The summed E-state index contributed by atoms with van der Waals surface area (Å²) in [5.41, 5.74) is 0. The average Bonchev–Trinajstić information content (AvgIpc) is 2.79. The van der Waals surface area contributed by atoms with Crippen molar-refractivity contribution in [1.29, 1.82) is 0 Å². The fourth-order valence-corrected chi connectivity index (χ4v) is 2.64. The minimum absolute atomic E-state index is 0.0960. The highest BCUT2D eigenvalue weighted by Gasteiger charge is 2.41. The molecule has 0 spiro atoms. The molecule has 0 bridgehead atoms. The van der Waals surface area contributed by atoms with Crippen LogP contribution in [0.5, 0.6) is 0 Å². The molecule has 0 amide bonds. The number of hydrogen-bond acceptors (Lipinski definition) is 6. The first-order valence-corrected chi connectivity index (χ1v) is 6.14. The Bertz CT molecular complexity index is 246. The molecule has 6 nitrogen and oxygen atoms in total. The summed E-state index contributed by atoms with van der Waals surface area (Å²) in [4.78, 5) is 1.80. The van der Waals surface area contributed by atoms with E-state index in [9.17, 15) is 20.4 Å². The summed E-state index contributed by atoms with van der Waals surface area (Å²) in [5, 5.41) is 38.3. The zero-order valence-corrected chi connectivity index (χ0v) is 9.77. The molecule has 0 aliphatic carbocycles. The molecule has 100 valence electrons. The predicted molar refractivity (Wildman–Crippen MR) is 59.4 cm³/mol. The maximum Gasteiger partial charge on any atom is 0.109 e. The molecule has 5 atom stereocenters. The topological polar surface area (TPSA) is 93.4 Å². The van der Waals surface area contributed by atoms with Crippen molar-refractivity contribution in [2.24, 2.45) is 0 Å². The van der Waals surface area contributed by atoms with E-state index in [1.54, 1.807) is 4.90 Å². The van der Waals surface area contributed by atoms with Gasteiger partial charge in [0.15, 0.2) is 0 Å². The van der Waals surface area contributed by atoms with Gasteiger partial charge in [0.2, 0.25) is 0 Å². The second-order valence-corrected chi connectivity index (χ2v) is 4.89. The third-order valence-electron chi connectivity index (χ3n) is 3.68. The summed E-state index contributed by atoms with van der Waals surface area (Å²) < 4.78 is 5.50. The van der Waals surface area contributed by atoms with Crippen molar-refractivity contribution in [1.82, 2.24) is 4.90 Å². The molecule has 2 unspecified atom stereocenters. The number of piperidine rings is 1. The first-order chi connectivity index (χ1) is 8.13. The Morgan fingerprint density at radius 2 is 1.94 bits per heavy atom. The lowest BCUT2D eigenvalue weighted by Gasteiger charge is -2.43. The highest BCUT2D eigenvalue weighted by Crippen LogP contribution is 2.22. The summed E-state index contributed by atoms with van der Waals surface area (Å²) in [7, 11) is 0. The van der Waals surface area contributed by atoms with Crippen LogP contribution in [0.15, 0.2) is 0 Å². The van der Waals surface area contributed by atoms with Crippen LogP contribution in [0.25, 0.3) is 0 Å². The molecule has 2 saturated heterocycles. The summed E-state index contributed by atoms with van der Waals surface area (Å²) in [6.07, 6.45) is -1.20. The average molecular weight is 247 g/mol. The van der Waals surface area contributed by atoms with Crippen LogP contribution < -0.4 is 0 Å². The molecule has 2 rings (SSSR count). The number of nitrogens with zero attached hydrogens (tertiary/aromatic N) is 1. The van der Waals surface area contributed by atoms with E-state index in [-0.39, 0.29) is 19.3 Å². The van der Waals surface area contributed by atoms with E-state index in [0.717, 1.165) is 19.4 Å². The van der Waals surface area contributed by atoms with Crippen LogP contribution in [0.3, 0.4) is 0 Å². The Morgan fingerprint density at radius 1 is 1.18 bits per heavy atom. The van der Waals surface area contributed by atoms with Crippen molar-refractivity contribution >= 4 is 0 Å². The number of ether oxygens (including phenoxy) is 1. The third-order valence-corrected chi connectivity index (χ3v) is 3.68. The fourth-order valence-electron chi connectivity index (χ4n) is 2.64. The second-order valence-electron chi connectivity index (χ2n) is 4.89. The van der Waals surface area contributed by atoms with Crippen molar-refractivity contribution in [3.05, 3.63) is 0 Å². The van der Waals surface area contributed by atoms with Gasteiger partial charge in [0.1, 0.15) is 12.2 Å². The van der Waals surface area contributed by atoms with Crippen molar-refractivity contribution < 1.29 is 25.2 Å². The molecule has 2 heterocycles. The molecule has 2 fully saturated rings. The molecule has 0 aromatic carbocycles. The number of aliphatic hydroxyl groups excluding tert-OH is 4. The van der Waals surface area contributed by atoms with Gasteiger partial charge in [-0.15, -0.1) is 0 Å². The van der Waals surface area contributed by atoms with Gasteiger partial charge in [-0.2, -0.15) is 0 Å². The number of aliphatic hydroxyl groups is 4. The lowest BCUT2D eigenvalue weighted by molar-refractivity contribution is -0.150. The van der Waals surface area contributed by atoms with Gasteiger partial charge in [-0.1, -0.05) is 0 Å². The van der Waals surface area contributed by atoms with Gasteiger partial charge >= 0.3 is 0 Å². The fraction of sp³-hybridized carbons (Fsp3) is 1.00. The van der Waals surface area contributed by atoms with E-state index in [2.05, 4.69) is 0 Å². The van der Waals surface area contributed by atoms with Gasteiger partial charge < -0.3 is 25.2 Å². The molecule has 0 radical (unpaired) electrons. The standard InChI is InChI=1S/C11H21NO5/c13-6-8-10(15)11(16)9(14)5-12(8)4-7-2-1-3-17-7/h7-11,13-16H,1-6H2/t7?,8-,9+,10-,11?/m1/s1. The van der Waals surface area contributed by atoms with Gasteiger partial charge in [-0.3, -0.25) is 4.90 Å². The lowest BCUT2D eigenvalue weighted by atomic mass is 9.94. The summed E-state index contributed by atoms with van der Waals surface area (Å²) >= 11 is 0. The Labute approximate surface area is 100 Å². The van der Waals surface area contributed by atoms with Crippen LogP contribution in [-0.2, 0) is 4.74 Å². The lowest BCUT2D eigenvalue weighted by Crippen LogP contribution is -2.63. The maximum absolute atomic E-state index is 9.80. The van der Waals surface area contributed by atoms with Gasteiger partial charge in [-0.25, -0.2) is 0 Å². The predicted octanol–water partition coefficient (Wildman–Crippen LogP) is -2.08. The van der Waals surface area contributed by atoms with Crippen LogP contribution in [-0.4, -0.2) is 82.1 Å². The van der Waals surface area contributed by atoms with Gasteiger partial charge in [0, 0.05) is 19.7 Å². The van der Waals surface area contributed by atoms with Crippen LogP contribution in [0.4, 0.5) is 0 Å². The second kappa shape index (κ2) is 5.60. The Morgan fingerprint density at radius 3 is 2.53 bits per heavy atom. The first kappa shape index (κ1) is 13.2. The molecule has 2 aliphatic rings.